The molecule has 13 heavy (non-hydrogen) atoms. The maximum absolute atomic E-state index is 3.85. The van der Waals surface area contributed by atoms with E-state index in [-0.39, 0.29) is 58.9 Å². The van der Waals surface area contributed by atoms with Gasteiger partial charge >= 0.3 is 21.7 Å². The van der Waals surface area contributed by atoms with Crippen molar-refractivity contribution in [3.8, 4) is 0 Å². The Morgan fingerprint density at radius 1 is 0.923 bits per heavy atom. The fourth-order valence-electron chi connectivity index (χ4n) is 1.11. The second-order valence-corrected chi connectivity index (χ2v) is 2.93. The molecular formula is C8H18Cl3NTi. The minimum absolute atomic E-state index is 0. The Bertz CT molecular complexity index is 73.8. The molecule has 0 heterocycles. The summed E-state index contributed by atoms with van der Waals surface area (Å²) in [4.78, 5) is 2.35. The molecule has 0 radical (unpaired) electrons. The van der Waals surface area contributed by atoms with Gasteiger partial charge in [-0.05, 0) is 27.7 Å². The standard InChI is InChI=1S/C8H18N.3ClH.Ti/c1-6-9(7(2)3)8(4)5;;;;/h7-8H,1,6H2,2-5H3;3*1H;/q-1;;;;+4/p-3. The summed E-state index contributed by atoms with van der Waals surface area (Å²) >= 11 is 0. The van der Waals surface area contributed by atoms with Crippen molar-refractivity contribution in [3.63, 3.8) is 0 Å². The Morgan fingerprint density at radius 2 is 1.15 bits per heavy atom. The van der Waals surface area contributed by atoms with Gasteiger partial charge in [-0.2, -0.15) is 0 Å². The first-order valence-corrected chi connectivity index (χ1v) is 3.64. The Balaban J connectivity index is -0.0000000533. The molecule has 0 rings (SSSR count). The minimum Gasteiger partial charge on any atom is -1.00 e. The van der Waals surface area contributed by atoms with E-state index in [2.05, 4.69) is 39.5 Å². The third-order valence-corrected chi connectivity index (χ3v) is 1.58. The molecule has 0 aromatic heterocycles. The van der Waals surface area contributed by atoms with Crippen LogP contribution < -0.4 is 37.2 Å². The summed E-state index contributed by atoms with van der Waals surface area (Å²) in [5.74, 6) is 0. The van der Waals surface area contributed by atoms with Gasteiger partial charge in [0.2, 0.25) is 0 Å². The van der Waals surface area contributed by atoms with Crippen LogP contribution in [0.3, 0.4) is 0 Å². The van der Waals surface area contributed by atoms with Crippen molar-refractivity contribution in [3.05, 3.63) is 6.92 Å². The second kappa shape index (κ2) is 16.0. The van der Waals surface area contributed by atoms with Gasteiger partial charge in [-0.15, -0.1) is 6.54 Å². The zero-order chi connectivity index (χ0) is 7.44. The van der Waals surface area contributed by atoms with Gasteiger partial charge in [-0.1, -0.05) is 0 Å². The van der Waals surface area contributed by atoms with Crippen LogP contribution in [-0.2, 0) is 21.7 Å². The van der Waals surface area contributed by atoms with Gasteiger partial charge in [0, 0.05) is 12.1 Å². The molecule has 0 aromatic rings. The van der Waals surface area contributed by atoms with E-state index >= 15 is 0 Å². The van der Waals surface area contributed by atoms with Crippen LogP contribution in [0.2, 0.25) is 0 Å². The van der Waals surface area contributed by atoms with Gasteiger partial charge in [-0.3, -0.25) is 0 Å². The van der Waals surface area contributed by atoms with Crippen molar-refractivity contribution >= 4 is 0 Å². The topological polar surface area (TPSA) is 3.24 Å². The minimum atomic E-state index is 0. The second-order valence-electron chi connectivity index (χ2n) is 2.93. The molecule has 0 atom stereocenters. The Hall–Kier alpha value is 1.54. The molecule has 0 saturated heterocycles. The quantitative estimate of drug-likeness (QED) is 0.367. The fourth-order valence-corrected chi connectivity index (χ4v) is 1.11. The summed E-state index contributed by atoms with van der Waals surface area (Å²) in [5, 5.41) is 0. The van der Waals surface area contributed by atoms with Crippen molar-refractivity contribution < 1.29 is 58.9 Å². The molecule has 5 heteroatoms. The van der Waals surface area contributed by atoms with E-state index in [1.54, 1.807) is 0 Å². The molecule has 0 N–H and O–H groups in total. The maximum atomic E-state index is 3.85. The molecule has 0 aliphatic rings. The van der Waals surface area contributed by atoms with E-state index in [1.807, 2.05) is 0 Å². The van der Waals surface area contributed by atoms with E-state index < -0.39 is 0 Å². The van der Waals surface area contributed by atoms with Gasteiger partial charge in [0.05, 0.1) is 0 Å². The first kappa shape index (κ1) is 29.3. The van der Waals surface area contributed by atoms with Gasteiger partial charge in [0.25, 0.3) is 0 Å². The molecule has 0 aliphatic carbocycles. The van der Waals surface area contributed by atoms with Crippen LogP contribution in [0, 0.1) is 6.92 Å². The van der Waals surface area contributed by atoms with E-state index in [0.717, 1.165) is 6.54 Å². The molecule has 0 spiro atoms. The smallest absolute Gasteiger partial charge is 1.00 e. The van der Waals surface area contributed by atoms with E-state index in [1.165, 1.54) is 0 Å². The number of halogens is 3. The molecule has 0 amide bonds. The molecule has 1 nitrogen and oxygen atoms in total. The molecule has 0 fully saturated rings. The van der Waals surface area contributed by atoms with Crippen LogP contribution in [0.5, 0.6) is 0 Å². The molecule has 0 unspecified atom stereocenters. The maximum Gasteiger partial charge on any atom is 4.00 e. The van der Waals surface area contributed by atoms with Crippen molar-refractivity contribution in [2.24, 2.45) is 0 Å². The number of nitrogens with zero attached hydrogens (tertiary/aromatic N) is 1. The first-order valence-electron chi connectivity index (χ1n) is 3.64. The van der Waals surface area contributed by atoms with Crippen LogP contribution in [0.1, 0.15) is 27.7 Å². The summed E-state index contributed by atoms with van der Waals surface area (Å²) in [7, 11) is 0. The molecule has 0 aliphatic heterocycles. The van der Waals surface area contributed by atoms with E-state index in [9.17, 15) is 0 Å². The molecule has 0 aromatic carbocycles. The summed E-state index contributed by atoms with van der Waals surface area (Å²) < 4.78 is 0. The largest absolute Gasteiger partial charge is 4.00 e. The molecule has 0 saturated carbocycles. The van der Waals surface area contributed by atoms with Crippen molar-refractivity contribution in [2.75, 3.05) is 6.54 Å². The average Bonchev–Trinajstić information content (AvgIpc) is 1.64. The summed E-state index contributed by atoms with van der Waals surface area (Å²) in [6, 6.07) is 1.25. The molecule has 80 valence electrons. The van der Waals surface area contributed by atoms with Gasteiger partial charge in [0.15, 0.2) is 0 Å². The summed E-state index contributed by atoms with van der Waals surface area (Å²) in [6.45, 7) is 13.6. The van der Waals surface area contributed by atoms with Crippen LogP contribution in [0.4, 0.5) is 0 Å². The van der Waals surface area contributed by atoms with Gasteiger partial charge in [0.1, 0.15) is 0 Å². The predicted molar refractivity (Wildman–Crippen MR) is 42.3 cm³/mol. The van der Waals surface area contributed by atoms with Gasteiger partial charge in [-0.25, -0.2) is 0 Å². The van der Waals surface area contributed by atoms with Crippen LogP contribution in [0.25, 0.3) is 0 Å². The van der Waals surface area contributed by atoms with E-state index in [4.69, 9.17) is 0 Å². The monoisotopic (exact) mass is 281 g/mol. The number of hydrogen-bond acceptors (Lipinski definition) is 1. The fraction of sp³-hybridized carbons (Fsp3) is 0.875. The van der Waals surface area contributed by atoms with Crippen LogP contribution >= 0.6 is 0 Å². The van der Waals surface area contributed by atoms with Crippen molar-refractivity contribution in [1.29, 1.82) is 0 Å². The van der Waals surface area contributed by atoms with Crippen molar-refractivity contribution in [1.82, 2.24) is 4.90 Å². The van der Waals surface area contributed by atoms with E-state index in [0.29, 0.717) is 12.1 Å². The average molecular weight is 282 g/mol. The summed E-state index contributed by atoms with van der Waals surface area (Å²) in [6.07, 6.45) is 0. The number of rotatable bonds is 3. The molecular weight excluding hydrogens is 264 g/mol. The SMILES string of the molecule is [CH2-]CN(C(C)C)C(C)C.[Cl-].[Cl-].[Cl-].[Ti+4]. The molecule has 0 bridgehead atoms. The zero-order valence-electron chi connectivity index (χ0n) is 8.65. The Labute approximate surface area is 117 Å². The zero-order valence-corrected chi connectivity index (χ0v) is 12.5. The first-order chi connectivity index (χ1) is 4.09. The summed E-state index contributed by atoms with van der Waals surface area (Å²) in [5.41, 5.74) is 0. The Morgan fingerprint density at radius 3 is 1.15 bits per heavy atom. The van der Waals surface area contributed by atoms with Gasteiger partial charge < -0.3 is 49.0 Å². The van der Waals surface area contributed by atoms with Crippen LogP contribution in [-0.4, -0.2) is 23.5 Å². The third kappa shape index (κ3) is 13.5. The third-order valence-electron chi connectivity index (χ3n) is 1.58. The normalized spacial score (nSPS) is 8.31. The predicted octanol–water partition coefficient (Wildman–Crippen LogP) is -7.05. The van der Waals surface area contributed by atoms with Crippen LogP contribution in [0.15, 0.2) is 0 Å². The Kier molecular flexibility index (Phi) is 36.0. The van der Waals surface area contributed by atoms with Crippen molar-refractivity contribution in [2.45, 2.75) is 39.8 Å². The number of hydrogen-bond donors (Lipinski definition) is 0.